The Bertz CT molecular complexity index is 923. The van der Waals surface area contributed by atoms with E-state index in [1.165, 1.54) is 77.0 Å². The van der Waals surface area contributed by atoms with Crippen molar-refractivity contribution in [1.82, 2.24) is 0 Å². The van der Waals surface area contributed by atoms with Crippen LogP contribution in [-0.4, -0.2) is 49.3 Å². The molecule has 0 fully saturated rings. The number of carbonyl (C=O) groups excluding carboxylic acids is 2. The van der Waals surface area contributed by atoms with Crippen molar-refractivity contribution in [2.75, 3.05) is 26.4 Å². The van der Waals surface area contributed by atoms with Crippen LogP contribution in [-0.2, 0) is 32.7 Å². The zero-order chi connectivity index (χ0) is 36.8. The third kappa shape index (κ3) is 36.0. The molecule has 0 saturated heterocycles. The van der Waals surface area contributed by atoms with E-state index in [0.29, 0.717) is 12.8 Å². The molecule has 1 unspecified atom stereocenters. The van der Waals surface area contributed by atoms with Crippen molar-refractivity contribution in [1.29, 1.82) is 0 Å². The van der Waals surface area contributed by atoms with Crippen LogP contribution in [0.2, 0.25) is 0 Å². The highest BCUT2D eigenvalue weighted by molar-refractivity contribution is 7.47. The first-order valence-electron chi connectivity index (χ1n) is 20.0. The summed E-state index contributed by atoms with van der Waals surface area (Å²) in [6.07, 6.45) is 38.8. The van der Waals surface area contributed by atoms with E-state index in [-0.39, 0.29) is 32.6 Å². The van der Waals surface area contributed by atoms with E-state index in [0.717, 1.165) is 57.8 Å². The molecular formula is C40H74NO8P. The lowest BCUT2D eigenvalue weighted by Gasteiger charge is -2.19. The molecule has 0 aromatic rings. The Hall–Kier alpha value is -1.77. The van der Waals surface area contributed by atoms with Gasteiger partial charge in [-0.25, -0.2) is 4.57 Å². The number of hydrogen-bond donors (Lipinski definition) is 2. The Balaban J connectivity index is 4.23. The monoisotopic (exact) mass is 728 g/mol. The lowest BCUT2D eigenvalue weighted by atomic mass is 10.0. The number of rotatable bonds is 37. The number of ether oxygens (including phenoxy) is 2. The molecule has 3 N–H and O–H groups in total. The maximum Gasteiger partial charge on any atom is 0.472 e. The molecule has 0 spiro atoms. The van der Waals surface area contributed by atoms with E-state index in [1.807, 2.05) is 0 Å². The summed E-state index contributed by atoms with van der Waals surface area (Å²) in [6.45, 7) is 3.67. The van der Waals surface area contributed by atoms with Crippen LogP contribution in [0.5, 0.6) is 0 Å². The highest BCUT2D eigenvalue weighted by Crippen LogP contribution is 2.43. The Kier molecular flexibility index (Phi) is 35.7. The molecule has 0 aliphatic heterocycles. The molecule has 0 aromatic carbocycles. The summed E-state index contributed by atoms with van der Waals surface area (Å²) in [5, 5.41) is 0. The summed E-state index contributed by atoms with van der Waals surface area (Å²) in [6, 6.07) is 0. The van der Waals surface area contributed by atoms with Gasteiger partial charge < -0.3 is 20.1 Å². The third-order valence-electron chi connectivity index (χ3n) is 8.28. The van der Waals surface area contributed by atoms with Crippen molar-refractivity contribution in [2.45, 2.75) is 180 Å². The first kappa shape index (κ1) is 48.2. The van der Waals surface area contributed by atoms with E-state index >= 15 is 0 Å². The predicted molar refractivity (Wildman–Crippen MR) is 206 cm³/mol. The van der Waals surface area contributed by atoms with E-state index in [4.69, 9.17) is 24.3 Å². The van der Waals surface area contributed by atoms with Gasteiger partial charge >= 0.3 is 19.8 Å². The SMILES string of the molecule is CCCCCC=CCC=CCC=CCCCCCCC(=O)OC[C@H](COP(=O)(O)OCCN)OC(=O)CCCCCCCCCCCCCC. The molecule has 292 valence electrons. The van der Waals surface area contributed by atoms with Gasteiger partial charge in [0.15, 0.2) is 6.10 Å². The van der Waals surface area contributed by atoms with E-state index in [2.05, 4.69) is 50.3 Å². The number of carbonyl (C=O) groups is 2. The summed E-state index contributed by atoms with van der Waals surface area (Å²) in [5.41, 5.74) is 5.33. The van der Waals surface area contributed by atoms with Crippen molar-refractivity contribution < 1.29 is 37.6 Å². The minimum absolute atomic E-state index is 0.0505. The molecule has 10 heteroatoms. The fourth-order valence-corrected chi connectivity index (χ4v) is 6.05. The maximum absolute atomic E-state index is 12.5. The first-order valence-corrected chi connectivity index (χ1v) is 21.5. The minimum Gasteiger partial charge on any atom is -0.462 e. The molecule has 0 saturated carbocycles. The van der Waals surface area contributed by atoms with Gasteiger partial charge in [-0.1, -0.05) is 147 Å². The summed E-state index contributed by atoms with van der Waals surface area (Å²) >= 11 is 0. The third-order valence-corrected chi connectivity index (χ3v) is 9.26. The van der Waals surface area contributed by atoms with Crippen molar-refractivity contribution in [3.8, 4) is 0 Å². The molecule has 0 aliphatic carbocycles. The second kappa shape index (κ2) is 37.0. The van der Waals surface area contributed by atoms with E-state index in [9.17, 15) is 19.0 Å². The Morgan fingerprint density at radius 3 is 1.58 bits per heavy atom. The zero-order valence-electron chi connectivity index (χ0n) is 31.9. The standard InChI is InChI=1S/C40H74NO8P/c1-3-5-7-9-11-13-15-17-18-19-20-21-23-24-26-28-30-32-39(42)46-36-38(37-48-50(44,45)47-35-34-41)49-40(43)33-31-29-27-25-22-16-14-12-10-8-6-4-2/h11,13,17-18,20-21,38H,3-10,12,14-16,19,22-37,41H2,1-2H3,(H,44,45)/t38-/m1/s1. The van der Waals surface area contributed by atoms with Crippen molar-refractivity contribution >= 4 is 19.8 Å². The summed E-state index contributed by atoms with van der Waals surface area (Å²) in [7, 11) is -4.37. The Labute approximate surface area is 305 Å². The molecule has 0 rings (SSSR count). The zero-order valence-corrected chi connectivity index (χ0v) is 32.8. The van der Waals surface area contributed by atoms with E-state index in [1.54, 1.807) is 0 Å². The van der Waals surface area contributed by atoms with Crippen LogP contribution in [0.25, 0.3) is 0 Å². The Morgan fingerprint density at radius 1 is 0.600 bits per heavy atom. The van der Waals surface area contributed by atoms with E-state index < -0.39 is 32.5 Å². The normalized spacial score (nSPS) is 13.8. The van der Waals surface area contributed by atoms with Gasteiger partial charge in [0.2, 0.25) is 0 Å². The lowest BCUT2D eigenvalue weighted by molar-refractivity contribution is -0.161. The molecule has 50 heavy (non-hydrogen) atoms. The molecule has 9 nitrogen and oxygen atoms in total. The van der Waals surface area contributed by atoms with Crippen LogP contribution in [0, 0.1) is 0 Å². The van der Waals surface area contributed by atoms with Gasteiger partial charge in [-0.05, 0) is 51.4 Å². The first-order chi connectivity index (χ1) is 24.3. The highest BCUT2D eigenvalue weighted by Gasteiger charge is 2.25. The van der Waals surface area contributed by atoms with Gasteiger partial charge in [0.1, 0.15) is 6.61 Å². The number of phosphoric ester groups is 1. The number of hydrogen-bond acceptors (Lipinski definition) is 8. The number of nitrogens with two attached hydrogens (primary N) is 1. The molecule has 0 bridgehead atoms. The van der Waals surface area contributed by atoms with Gasteiger partial charge in [-0.2, -0.15) is 0 Å². The smallest absolute Gasteiger partial charge is 0.462 e. The number of esters is 2. The average molecular weight is 728 g/mol. The van der Waals surface area contributed by atoms with Crippen molar-refractivity contribution in [3.05, 3.63) is 36.5 Å². The molecule has 0 amide bonds. The predicted octanol–water partition coefficient (Wildman–Crippen LogP) is 11.0. The molecular weight excluding hydrogens is 653 g/mol. The lowest BCUT2D eigenvalue weighted by Crippen LogP contribution is -2.29. The summed E-state index contributed by atoms with van der Waals surface area (Å²) in [5.74, 6) is -0.853. The van der Waals surface area contributed by atoms with Gasteiger partial charge in [0.05, 0.1) is 13.2 Å². The number of phosphoric acid groups is 1. The minimum atomic E-state index is -4.37. The highest BCUT2D eigenvalue weighted by atomic mass is 31.2. The van der Waals surface area contributed by atoms with Gasteiger partial charge in [0.25, 0.3) is 0 Å². The number of unbranched alkanes of at least 4 members (excludes halogenated alkanes) is 18. The average Bonchev–Trinajstić information content (AvgIpc) is 3.10. The fraction of sp³-hybridized carbons (Fsp3) is 0.800. The number of allylic oxidation sites excluding steroid dienone is 6. The van der Waals surface area contributed by atoms with Crippen LogP contribution >= 0.6 is 7.82 Å². The van der Waals surface area contributed by atoms with Gasteiger partial charge in [-0.15, -0.1) is 0 Å². The Morgan fingerprint density at radius 2 is 1.04 bits per heavy atom. The molecule has 0 heterocycles. The molecule has 0 aromatic heterocycles. The molecule has 2 atom stereocenters. The van der Waals surface area contributed by atoms with Crippen LogP contribution in [0.1, 0.15) is 174 Å². The second-order valence-electron chi connectivity index (χ2n) is 13.2. The van der Waals surface area contributed by atoms with Gasteiger partial charge in [-0.3, -0.25) is 18.6 Å². The van der Waals surface area contributed by atoms with Crippen molar-refractivity contribution in [3.63, 3.8) is 0 Å². The van der Waals surface area contributed by atoms with Crippen LogP contribution < -0.4 is 5.73 Å². The molecule has 0 aliphatic rings. The largest absolute Gasteiger partial charge is 0.472 e. The van der Waals surface area contributed by atoms with Gasteiger partial charge in [0, 0.05) is 19.4 Å². The summed E-state index contributed by atoms with van der Waals surface area (Å²) < 4.78 is 32.7. The topological polar surface area (TPSA) is 134 Å². The summed E-state index contributed by atoms with van der Waals surface area (Å²) in [4.78, 5) is 34.7. The maximum atomic E-state index is 12.5. The van der Waals surface area contributed by atoms with Crippen LogP contribution in [0.3, 0.4) is 0 Å². The van der Waals surface area contributed by atoms with Crippen LogP contribution in [0.4, 0.5) is 0 Å². The van der Waals surface area contributed by atoms with Crippen LogP contribution in [0.15, 0.2) is 36.5 Å². The fourth-order valence-electron chi connectivity index (χ4n) is 5.29. The second-order valence-corrected chi connectivity index (χ2v) is 14.6. The molecule has 0 radical (unpaired) electrons. The quantitative estimate of drug-likeness (QED) is 0.0277. The van der Waals surface area contributed by atoms with Crippen molar-refractivity contribution in [2.24, 2.45) is 5.73 Å².